The van der Waals surface area contributed by atoms with Crippen LogP contribution in [-0.2, 0) is 9.53 Å². The molecule has 1 aliphatic heterocycles. The first-order chi connectivity index (χ1) is 6.36. The van der Waals surface area contributed by atoms with Crippen molar-refractivity contribution in [1.82, 2.24) is 10.3 Å². The molecular formula is C9H10N2O2. The third-order valence-corrected chi connectivity index (χ3v) is 1.98. The average molecular weight is 178 g/mol. The molecule has 1 aromatic heterocycles. The van der Waals surface area contributed by atoms with Crippen LogP contribution in [0.15, 0.2) is 24.5 Å². The molecule has 0 spiro atoms. The number of hydrogen-bond donors (Lipinski definition) is 1. The summed E-state index contributed by atoms with van der Waals surface area (Å²) in [6.45, 7) is 0.690. The Hall–Kier alpha value is -1.42. The van der Waals surface area contributed by atoms with Crippen LogP contribution in [0.4, 0.5) is 0 Å². The number of carbonyl (C=O) groups is 1. The number of ether oxygens (including phenoxy) is 1. The third kappa shape index (κ3) is 1.84. The largest absolute Gasteiger partial charge is 0.362 e. The number of carbonyl (C=O) groups excluding carboxylic acids is 1. The molecule has 4 nitrogen and oxygen atoms in total. The normalized spacial score (nSPS) is 22.5. The van der Waals surface area contributed by atoms with E-state index in [-0.39, 0.29) is 18.6 Å². The van der Waals surface area contributed by atoms with E-state index < -0.39 is 0 Å². The van der Waals surface area contributed by atoms with E-state index in [4.69, 9.17) is 4.74 Å². The minimum atomic E-state index is -0.0506. The number of rotatable bonds is 1. The highest BCUT2D eigenvalue weighted by Gasteiger charge is 2.19. The van der Waals surface area contributed by atoms with Crippen LogP contribution in [0.1, 0.15) is 11.7 Å². The summed E-state index contributed by atoms with van der Waals surface area (Å²) in [7, 11) is 0. The van der Waals surface area contributed by atoms with E-state index in [1.165, 1.54) is 0 Å². The highest BCUT2D eigenvalue weighted by atomic mass is 16.5. The third-order valence-electron chi connectivity index (χ3n) is 1.98. The molecule has 0 saturated carbocycles. The van der Waals surface area contributed by atoms with Crippen molar-refractivity contribution in [2.45, 2.75) is 6.10 Å². The quantitative estimate of drug-likeness (QED) is 0.671. The summed E-state index contributed by atoms with van der Waals surface area (Å²) in [5, 5.41) is 2.75. The lowest BCUT2D eigenvalue weighted by molar-refractivity contribution is -0.133. The van der Waals surface area contributed by atoms with Crippen molar-refractivity contribution < 1.29 is 9.53 Å². The smallest absolute Gasteiger partial charge is 0.246 e. The van der Waals surface area contributed by atoms with E-state index >= 15 is 0 Å². The Morgan fingerprint density at radius 2 is 2.23 bits per heavy atom. The minimum Gasteiger partial charge on any atom is -0.362 e. The van der Waals surface area contributed by atoms with Gasteiger partial charge in [0.1, 0.15) is 12.7 Å². The maximum absolute atomic E-state index is 10.8. The second-order valence-electron chi connectivity index (χ2n) is 2.88. The molecule has 68 valence electrons. The van der Waals surface area contributed by atoms with E-state index in [2.05, 4.69) is 10.3 Å². The molecule has 1 aliphatic rings. The molecule has 0 aromatic carbocycles. The van der Waals surface area contributed by atoms with Gasteiger partial charge in [-0.2, -0.15) is 0 Å². The summed E-state index contributed by atoms with van der Waals surface area (Å²) in [4.78, 5) is 14.7. The van der Waals surface area contributed by atoms with Gasteiger partial charge >= 0.3 is 0 Å². The summed E-state index contributed by atoms with van der Waals surface area (Å²) >= 11 is 0. The molecule has 4 heteroatoms. The van der Waals surface area contributed by atoms with Crippen LogP contribution in [0.25, 0.3) is 0 Å². The van der Waals surface area contributed by atoms with Crippen LogP contribution < -0.4 is 5.32 Å². The molecule has 0 bridgehead atoms. The van der Waals surface area contributed by atoms with E-state index in [1.54, 1.807) is 12.4 Å². The number of aromatic nitrogens is 1. The number of morpholine rings is 1. The van der Waals surface area contributed by atoms with Gasteiger partial charge < -0.3 is 10.1 Å². The Bertz CT molecular complexity index is 290. The van der Waals surface area contributed by atoms with Crippen molar-refractivity contribution in [2.75, 3.05) is 13.2 Å². The molecule has 1 aromatic rings. The van der Waals surface area contributed by atoms with Crippen molar-refractivity contribution in [3.63, 3.8) is 0 Å². The molecule has 0 unspecified atom stereocenters. The Balaban J connectivity index is 2.07. The predicted molar refractivity (Wildman–Crippen MR) is 45.9 cm³/mol. The van der Waals surface area contributed by atoms with Crippen molar-refractivity contribution >= 4 is 5.91 Å². The van der Waals surface area contributed by atoms with E-state index in [9.17, 15) is 4.79 Å². The molecule has 1 amide bonds. The van der Waals surface area contributed by atoms with E-state index in [0.717, 1.165) is 5.56 Å². The second kappa shape index (κ2) is 3.53. The molecule has 1 fully saturated rings. The molecule has 2 rings (SSSR count). The number of nitrogens with one attached hydrogen (secondary N) is 1. The summed E-state index contributed by atoms with van der Waals surface area (Å²) < 4.78 is 5.34. The Kier molecular flexibility index (Phi) is 2.23. The van der Waals surface area contributed by atoms with E-state index in [1.807, 2.05) is 12.1 Å². The Morgan fingerprint density at radius 1 is 1.46 bits per heavy atom. The topological polar surface area (TPSA) is 51.2 Å². The predicted octanol–water partition coefficient (Wildman–Crippen LogP) is 0.269. The Morgan fingerprint density at radius 3 is 2.85 bits per heavy atom. The Labute approximate surface area is 75.9 Å². The molecule has 0 radical (unpaired) electrons. The number of hydrogen-bond acceptors (Lipinski definition) is 3. The van der Waals surface area contributed by atoms with Gasteiger partial charge in [0, 0.05) is 18.9 Å². The van der Waals surface area contributed by atoms with Gasteiger partial charge in [-0.25, -0.2) is 0 Å². The molecular weight excluding hydrogens is 168 g/mol. The molecule has 2 heterocycles. The fourth-order valence-corrected chi connectivity index (χ4v) is 1.28. The van der Waals surface area contributed by atoms with Gasteiger partial charge in [-0.15, -0.1) is 0 Å². The summed E-state index contributed by atoms with van der Waals surface area (Å²) in [6.07, 6.45) is 3.41. The van der Waals surface area contributed by atoms with Crippen LogP contribution in [-0.4, -0.2) is 24.0 Å². The second-order valence-corrected chi connectivity index (χ2v) is 2.88. The van der Waals surface area contributed by atoms with Gasteiger partial charge in [0.25, 0.3) is 0 Å². The molecule has 0 aliphatic carbocycles. The first-order valence-corrected chi connectivity index (χ1v) is 4.14. The van der Waals surface area contributed by atoms with Gasteiger partial charge in [-0.3, -0.25) is 9.78 Å². The van der Waals surface area contributed by atoms with Gasteiger partial charge in [-0.1, -0.05) is 0 Å². The first kappa shape index (κ1) is 8.19. The molecule has 13 heavy (non-hydrogen) atoms. The summed E-state index contributed by atoms with van der Waals surface area (Å²) in [6, 6.07) is 3.78. The highest BCUT2D eigenvalue weighted by molar-refractivity contribution is 5.77. The van der Waals surface area contributed by atoms with Gasteiger partial charge in [-0.05, 0) is 17.7 Å². The van der Waals surface area contributed by atoms with E-state index in [0.29, 0.717) is 6.54 Å². The monoisotopic (exact) mass is 178 g/mol. The minimum absolute atomic E-state index is 0.0271. The summed E-state index contributed by atoms with van der Waals surface area (Å²) in [5.41, 5.74) is 1.05. The fraction of sp³-hybridized carbons (Fsp3) is 0.333. The fourth-order valence-electron chi connectivity index (χ4n) is 1.28. The lowest BCUT2D eigenvalue weighted by Gasteiger charge is -2.23. The first-order valence-electron chi connectivity index (χ1n) is 4.14. The number of pyridine rings is 1. The average Bonchev–Trinajstić information content (AvgIpc) is 2.20. The van der Waals surface area contributed by atoms with Crippen LogP contribution in [0, 0.1) is 0 Å². The zero-order chi connectivity index (χ0) is 9.10. The molecule has 1 saturated heterocycles. The number of amides is 1. The zero-order valence-electron chi connectivity index (χ0n) is 7.06. The zero-order valence-corrected chi connectivity index (χ0v) is 7.06. The van der Waals surface area contributed by atoms with Crippen LogP contribution in [0.5, 0.6) is 0 Å². The molecule has 1 atom stereocenters. The lowest BCUT2D eigenvalue weighted by Crippen LogP contribution is -2.38. The maximum atomic E-state index is 10.8. The van der Waals surface area contributed by atoms with Gasteiger partial charge in [0.15, 0.2) is 0 Å². The summed E-state index contributed by atoms with van der Waals surface area (Å²) in [5.74, 6) is -0.0506. The van der Waals surface area contributed by atoms with Crippen molar-refractivity contribution in [2.24, 2.45) is 0 Å². The lowest BCUT2D eigenvalue weighted by atomic mass is 10.1. The maximum Gasteiger partial charge on any atom is 0.246 e. The van der Waals surface area contributed by atoms with Gasteiger partial charge in [0.2, 0.25) is 5.91 Å². The molecule has 1 N–H and O–H groups in total. The van der Waals surface area contributed by atoms with Crippen LogP contribution in [0.2, 0.25) is 0 Å². The van der Waals surface area contributed by atoms with Crippen LogP contribution >= 0.6 is 0 Å². The van der Waals surface area contributed by atoms with Crippen molar-refractivity contribution in [3.8, 4) is 0 Å². The highest BCUT2D eigenvalue weighted by Crippen LogP contribution is 2.17. The van der Waals surface area contributed by atoms with Gasteiger partial charge in [0.05, 0.1) is 0 Å². The standard InChI is InChI=1S/C9H10N2O2/c12-9-6-13-8(5-11-9)7-1-3-10-4-2-7/h1-4,8H,5-6H2,(H,11,12)/t8-/m0/s1. The van der Waals surface area contributed by atoms with Crippen LogP contribution in [0.3, 0.4) is 0 Å². The van der Waals surface area contributed by atoms with Crippen molar-refractivity contribution in [3.05, 3.63) is 30.1 Å². The number of nitrogens with zero attached hydrogens (tertiary/aromatic N) is 1. The SMILES string of the molecule is O=C1CO[C@H](c2ccncc2)CN1. The van der Waals surface area contributed by atoms with Crippen molar-refractivity contribution in [1.29, 1.82) is 0 Å².